The van der Waals surface area contributed by atoms with Gasteiger partial charge in [0.15, 0.2) is 0 Å². The molecule has 1 fully saturated rings. The highest BCUT2D eigenvalue weighted by atomic mass is 35.5. The number of amides is 1. The van der Waals surface area contributed by atoms with E-state index >= 15 is 0 Å². The topological polar surface area (TPSA) is 90.6 Å². The van der Waals surface area contributed by atoms with Gasteiger partial charge in [0.05, 0.1) is 35.4 Å². The van der Waals surface area contributed by atoms with E-state index in [2.05, 4.69) is 0 Å². The minimum atomic E-state index is -1.24. The molecule has 1 heterocycles. The highest BCUT2D eigenvalue weighted by Crippen LogP contribution is 2.43. The van der Waals surface area contributed by atoms with Gasteiger partial charge in [0, 0.05) is 16.8 Å². The third-order valence-electron chi connectivity index (χ3n) is 5.34. The van der Waals surface area contributed by atoms with Crippen LogP contribution in [0.1, 0.15) is 22.7 Å². The van der Waals surface area contributed by atoms with Crippen molar-refractivity contribution in [1.82, 2.24) is 0 Å². The van der Waals surface area contributed by atoms with Crippen molar-refractivity contribution < 1.29 is 23.8 Å². The molecule has 0 saturated carbocycles. The van der Waals surface area contributed by atoms with Crippen LogP contribution < -0.4 is 9.64 Å². The minimum Gasteiger partial charge on any atom is -0.507 e. The van der Waals surface area contributed by atoms with Crippen LogP contribution in [0.5, 0.6) is 5.75 Å². The molecule has 0 aliphatic carbocycles. The largest absolute Gasteiger partial charge is 0.507 e. The van der Waals surface area contributed by atoms with Crippen LogP contribution in [0.3, 0.4) is 0 Å². The Labute approximate surface area is 193 Å². The lowest BCUT2D eigenvalue weighted by molar-refractivity contribution is -0.132. The second-order valence-electron chi connectivity index (χ2n) is 7.20. The second kappa shape index (κ2) is 8.77. The molecule has 6 nitrogen and oxygen atoms in total. The van der Waals surface area contributed by atoms with Crippen molar-refractivity contribution in [3.8, 4) is 11.8 Å². The summed E-state index contributed by atoms with van der Waals surface area (Å²) in [6.45, 7) is 0. The number of ether oxygens (including phenoxy) is 1. The molecule has 3 aromatic rings. The van der Waals surface area contributed by atoms with Crippen LogP contribution in [0, 0.1) is 17.1 Å². The van der Waals surface area contributed by atoms with Crippen molar-refractivity contribution in [3.05, 3.63) is 99.8 Å². The number of rotatable bonds is 4. The van der Waals surface area contributed by atoms with E-state index in [-0.39, 0.29) is 27.4 Å². The molecule has 0 radical (unpaired) electrons. The molecule has 0 spiro atoms. The lowest BCUT2D eigenvalue weighted by Gasteiger charge is -2.25. The van der Waals surface area contributed by atoms with Gasteiger partial charge in [0.2, 0.25) is 0 Å². The van der Waals surface area contributed by atoms with Gasteiger partial charge < -0.3 is 9.84 Å². The molecule has 0 bridgehead atoms. The number of hydrogen-bond donors (Lipinski definition) is 1. The van der Waals surface area contributed by atoms with Gasteiger partial charge >= 0.3 is 0 Å². The summed E-state index contributed by atoms with van der Waals surface area (Å²) < 4.78 is 20.0. The molecule has 1 N–H and O–H groups in total. The highest BCUT2D eigenvalue weighted by Gasteiger charge is 2.47. The van der Waals surface area contributed by atoms with Crippen molar-refractivity contribution >= 4 is 34.7 Å². The molecule has 1 aliphatic heterocycles. The Balaban J connectivity index is 1.95. The van der Waals surface area contributed by atoms with Gasteiger partial charge in [-0.1, -0.05) is 29.8 Å². The van der Waals surface area contributed by atoms with Crippen molar-refractivity contribution in [2.24, 2.45) is 0 Å². The van der Waals surface area contributed by atoms with E-state index in [0.717, 1.165) is 4.90 Å². The van der Waals surface area contributed by atoms with E-state index in [0.29, 0.717) is 11.3 Å². The molecular formula is C25H16ClFN2O4. The fourth-order valence-corrected chi connectivity index (χ4v) is 4.01. The first kappa shape index (κ1) is 22.1. The number of ketones is 1. The zero-order valence-electron chi connectivity index (χ0n) is 17.3. The quantitative estimate of drug-likeness (QED) is 0.335. The Hall–Kier alpha value is -4.15. The summed E-state index contributed by atoms with van der Waals surface area (Å²) in [5, 5.41) is 20.3. The van der Waals surface area contributed by atoms with Crippen LogP contribution in [0.4, 0.5) is 10.1 Å². The second-order valence-corrected chi connectivity index (χ2v) is 7.61. The number of Topliss-reactive ketones (excluding diaryl/α,β-unsaturated/α-hetero) is 1. The Morgan fingerprint density at radius 2 is 1.82 bits per heavy atom. The monoisotopic (exact) mass is 462 g/mol. The number of carbonyl (C=O) groups excluding carboxylic acids is 2. The maximum absolute atomic E-state index is 14.9. The number of benzene rings is 3. The molecule has 1 saturated heterocycles. The smallest absolute Gasteiger partial charge is 0.300 e. The lowest BCUT2D eigenvalue weighted by Crippen LogP contribution is -2.29. The average molecular weight is 463 g/mol. The predicted octanol–water partition coefficient (Wildman–Crippen LogP) is 4.99. The Morgan fingerprint density at radius 1 is 1.12 bits per heavy atom. The Kier molecular flexibility index (Phi) is 5.86. The summed E-state index contributed by atoms with van der Waals surface area (Å²) in [5.74, 6) is -2.70. The summed E-state index contributed by atoms with van der Waals surface area (Å²) in [4.78, 5) is 27.3. The van der Waals surface area contributed by atoms with Crippen LogP contribution in [0.2, 0.25) is 5.02 Å². The number of carbonyl (C=O) groups is 2. The first-order valence-corrected chi connectivity index (χ1v) is 10.1. The van der Waals surface area contributed by atoms with Crippen molar-refractivity contribution in [2.45, 2.75) is 6.04 Å². The summed E-state index contributed by atoms with van der Waals surface area (Å²) >= 11 is 6.17. The molecule has 164 valence electrons. The molecule has 33 heavy (non-hydrogen) atoms. The van der Waals surface area contributed by atoms with Gasteiger partial charge in [-0.3, -0.25) is 14.5 Å². The minimum absolute atomic E-state index is 0.0298. The van der Waals surface area contributed by atoms with Gasteiger partial charge in [-0.15, -0.1) is 0 Å². The van der Waals surface area contributed by atoms with E-state index in [1.54, 1.807) is 6.07 Å². The number of hydrogen-bond acceptors (Lipinski definition) is 5. The molecule has 3 aromatic carbocycles. The molecule has 8 heteroatoms. The van der Waals surface area contributed by atoms with Gasteiger partial charge in [0.1, 0.15) is 17.3 Å². The van der Waals surface area contributed by atoms with Crippen molar-refractivity contribution in [1.29, 1.82) is 5.26 Å². The number of methoxy groups -OCH3 is 1. The Morgan fingerprint density at radius 3 is 2.42 bits per heavy atom. The Bertz CT molecular complexity index is 1350. The van der Waals surface area contributed by atoms with E-state index in [4.69, 9.17) is 21.6 Å². The molecule has 0 aromatic heterocycles. The average Bonchev–Trinajstić information content (AvgIpc) is 3.09. The third-order valence-corrected chi connectivity index (χ3v) is 5.64. The van der Waals surface area contributed by atoms with Crippen LogP contribution in [-0.2, 0) is 9.59 Å². The summed E-state index contributed by atoms with van der Waals surface area (Å²) in [6, 6.07) is 16.8. The lowest BCUT2D eigenvalue weighted by atomic mass is 9.94. The number of aliphatic hydroxyl groups excluding tert-OH is 1. The molecular weight excluding hydrogens is 447 g/mol. The SMILES string of the molecule is COc1ccc(/C(O)=C2\C(=O)C(=O)N(c3ccc(C#N)cc3)C2c2ccccc2F)cc1Cl. The number of aliphatic hydroxyl groups is 1. The van der Waals surface area contributed by atoms with E-state index in [1.165, 1.54) is 67.8 Å². The first-order chi connectivity index (χ1) is 15.9. The van der Waals surface area contributed by atoms with Gasteiger partial charge in [-0.2, -0.15) is 5.26 Å². The van der Waals surface area contributed by atoms with Gasteiger partial charge in [-0.25, -0.2) is 4.39 Å². The standard InChI is InChI=1S/C25H16ClFN2O4/c1-33-20-11-8-15(12-18(20)26)23(30)21-22(17-4-2-3-5-19(17)27)29(25(32)24(21)31)16-9-6-14(13-28)7-10-16/h2-12,22,30H,1H3/b23-21+. The number of nitriles is 1. The molecule has 1 amide bonds. The van der Waals surface area contributed by atoms with Crippen LogP contribution in [0.25, 0.3) is 5.76 Å². The number of nitrogens with zero attached hydrogens (tertiary/aromatic N) is 2. The fraction of sp³-hybridized carbons (Fsp3) is 0.0800. The molecule has 1 atom stereocenters. The maximum Gasteiger partial charge on any atom is 0.300 e. The van der Waals surface area contributed by atoms with Crippen molar-refractivity contribution in [3.63, 3.8) is 0 Å². The van der Waals surface area contributed by atoms with E-state index < -0.39 is 29.3 Å². The summed E-state index contributed by atoms with van der Waals surface area (Å²) in [5.41, 5.74) is 0.541. The highest BCUT2D eigenvalue weighted by molar-refractivity contribution is 6.51. The molecule has 1 unspecified atom stereocenters. The predicted molar refractivity (Wildman–Crippen MR) is 120 cm³/mol. The maximum atomic E-state index is 14.9. The summed E-state index contributed by atoms with van der Waals surface area (Å²) in [6.07, 6.45) is 0. The third kappa shape index (κ3) is 3.81. The molecule has 4 rings (SSSR count). The molecule has 1 aliphatic rings. The zero-order valence-corrected chi connectivity index (χ0v) is 18.0. The normalized spacial score (nSPS) is 17.2. The van der Waals surface area contributed by atoms with Gasteiger partial charge in [0.25, 0.3) is 11.7 Å². The first-order valence-electron chi connectivity index (χ1n) is 9.77. The van der Waals surface area contributed by atoms with Crippen LogP contribution in [0.15, 0.2) is 72.3 Å². The number of anilines is 1. The van der Waals surface area contributed by atoms with E-state index in [1.807, 2.05) is 6.07 Å². The number of halogens is 2. The van der Waals surface area contributed by atoms with Crippen LogP contribution >= 0.6 is 11.6 Å². The van der Waals surface area contributed by atoms with Crippen molar-refractivity contribution in [2.75, 3.05) is 12.0 Å². The van der Waals surface area contributed by atoms with Crippen LogP contribution in [-0.4, -0.2) is 23.9 Å². The fourth-order valence-electron chi connectivity index (χ4n) is 3.76. The van der Waals surface area contributed by atoms with E-state index in [9.17, 15) is 19.1 Å². The summed E-state index contributed by atoms with van der Waals surface area (Å²) in [7, 11) is 1.43. The zero-order chi connectivity index (χ0) is 23.7. The van der Waals surface area contributed by atoms with Gasteiger partial charge in [-0.05, 0) is 48.5 Å².